The van der Waals surface area contributed by atoms with Gasteiger partial charge < -0.3 is 5.11 Å². The molecule has 0 saturated heterocycles. The first-order valence-electron chi connectivity index (χ1n) is 6.10. The van der Waals surface area contributed by atoms with Crippen molar-refractivity contribution in [1.82, 2.24) is 0 Å². The Morgan fingerprint density at radius 3 is 1.42 bits per heavy atom. The topological polar surface area (TPSA) is 20.2 Å². The van der Waals surface area contributed by atoms with E-state index in [0.29, 0.717) is 0 Å². The van der Waals surface area contributed by atoms with E-state index < -0.39 is 52.6 Å². The van der Waals surface area contributed by atoms with Gasteiger partial charge in [-0.1, -0.05) is 12.1 Å². The van der Waals surface area contributed by atoms with Gasteiger partial charge in [-0.2, -0.15) is 43.9 Å². The van der Waals surface area contributed by atoms with Crippen molar-refractivity contribution in [1.29, 1.82) is 0 Å². The first-order chi connectivity index (χ1) is 10.3. The number of hydrogen-bond donors (Lipinski definition) is 1. The molecule has 0 fully saturated rings. The zero-order valence-corrected chi connectivity index (χ0v) is 12.0. The summed E-state index contributed by atoms with van der Waals surface area (Å²) in [7, 11) is 0. The molecule has 0 aliphatic rings. The SMILES string of the molecule is CC(C)(O)c1ccc(C(F)(F)C(F)(F)F)cc1C(F)(F)C(F)(F)F. The Balaban J connectivity index is 3.75. The van der Waals surface area contributed by atoms with E-state index in [1.807, 2.05) is 0 Å². The largest absolute Gasteiger partial charge is 0.458 e. The molecule has 0 amide bonds. The lowest BCUT2D eigenvalue weighted by Crippen LogP contribution is -2.38. The normalized spacial score (nSPS) is 14.9. The van der Waals surface area contributed by atoms with Crippen LogP contribution in [-0.2, 0) is 17.4 Å². The van der Waals surface area contributed by atoms with Gasteiger partial charge in [0.1, 0.15) is 0 Å². The van der Waals surface area contributed by atoms with Crippen molar-refractivity contribution in [3.8, 4) is 0 Å². The highest BCUT2D eigenvalue weighted by atomic mass is 19.4. The van der Waals surface area contributed by atoms with Crippen LogP contribution in [0, 0.1) is 0 Å². The van der Waals surface area contributed by atoms with Crippen molar-refractivity contribution in [2.75, 3.05) is 0 Å². The van der Waals surface area contributed by atoms with Crippen molar-refractivity contribution in [2.45, 2.75) is 43.6 Å². The van der Waals surface area contributed by atoms with E-state index >= 15 is 0 Å². The fourth-order valence-corrected chi connectivity index (χ4v) is 1.85. The molecule has 0 unspecified atom stereocenters. The van der Waals surface area contributed by atoms with Crippen LogP contribution in [-0.4, -0.2) is 17.5 Å². The van der Waals surface area contributed by atoms with Gasteiger partial charge in [0.05, 0.1) is 5.60 Å². The summed E-state index contributed by atoms with van der Waals surface area (Å²) >= 11 is 0. The average molecular weight is 372 g/mol. The molecule has 0 heterocycles. The summed E-state index contributed by atoms with van der Waals surface area (Å²) in [6.07, 6.45) is -12.5. The van der Waals surface area contributed by atoms with Crippen LogP contribution in [0.1, 0.15) is 30.5 Å². The molecule has 1 aromatic rings. The summed E-state index contributed by atoms with van der Waals surface area (Å²) in [6, 6.07) is -0.366. The lowest BCUT2D eigenvalue weighted by Gasteiger charge is -2.29. The molecule has 0 atom stereocenters. The molecule has 0 aliphatic carbocycles. The molecular formula is C13H10F10O. The van der Waals surface area contributed by atoms with Crippen LogP contribution in [0.5, 0.6) is 0 Å². The second-order valence-electron chi connectivity index (χ2n) is 5.46. The van der Waals surface area contributed by atoms with Gasteiger partial charge >= 0.3 is 24.2 Å². The monoisotopic (exact) mass is 372 g/mol. The number of alkyl halides is 10. The van der Waals surface area contributed by atoms with E-state index in [2.05, 4.69) is 0 Å². The standard InChI is InChI=1S/C13H10F10O/c1-9(2,24)7-4-3-6(10(14,15)12(18,19)20)5-8(7)11(16,17)13(21,22)23/h3-5,24H,1-2H3. The van der Waals surface area contributed by atoms with E-state index in [-0.39, 0.29) is 12.1 Å². The van der Waals surface area contributed by atoms with E-state index in [4.69, 9.17) is 0 Å². The van der Waals surface area contributed by atoms with Gasteiger partial charge in [0.2, 0.25) is 0 Å². The van der Waals surface area contributed by atoms with Crippen LogP contribution in [0.25, 0.3) is 0 Å². The van der Waals surface area contributed by atoms with Crippen LogP contribution in [0.2, 0.25) is 0 Å². The molecule has 1 aromatic carbocycles. The third-order valence-corrected chi connectivity index (χ3v) is 3.09. The molecule has 1 N–H and O–H groups in total. The summed E-state index contributed by atoms with van der Waals surface area (Å²) in [5, 5.41) is 9.64. The van der Waals surface area contributed by atoms with Gasteiger partial charge in [-0.3, -0.25) is 0 Å². The fraction of sp³-hybridized carbons (Fsp3) is 0.538. The highest BCUT2D eigenvalue weighted by Gasteiger charge is 2.62. The second-order valence-corrected chi connectivity index (χ2v) is 5.46. The molecule has 0 saturated carbocycles. The Morgan fingerprint density at radius 2 is 1.08 bits per heavy atom. The summed E-state index contributed by atoms with van der Waals surface area (Å²) in [5.41, 5.74) is -7.76. The zero-order valence-electron chi connectivity index (χ0n) is 12.0. The quantitative estimate of drug-likeness (QED) is 0.722. The lowest BCUT2D eigenvalue weighted by atomic mass is 9.87. The number of aliphatic hydroxyl groups is 1. The van der Waals surface area contributed by atoms with E-state index in [1.165, 1.54) is 0 Å². The summed E-state index contributed by atoms with van der Waals surface area (Å²) in [4.78, 5) is 0. The Labute approximate surface area is 128 Å². The second kappa shape index (κ2) is 5.50. The van der Waals surface area contributed by atoms with Gasteiger partial charge in [-0.25, -0.2) is 0 Å². The third-order valence-electron chi connectivity index (χ3n) is 3.09. The van der Waals surface area contributed by atoms with E-state index in [1.54, 1.807) is 0 Å². The molecule has 138 valence electrons. The maximum atomic E-state index is 13.6. The van der Waals surface area contributed by atoms with Crippen molar-refractivity contribution in [2.24, 2.45) is 0 Å². The summed E-state index contributed by atoms with van der Waals surface area (Å²) in [6.45, 7) is 1.56. The van der Waals surface area contributed by atoms with Gasteiger partial charge in [0.15, 0.2) is 0 Å². The minimum absolute atomic E-state index is 0.0384. The van der Waals surface area contributed by atoms with Gasteiger partial charge in [0.25, 0.3) is 0 Å². The molecular weight excluding hydrogens is 362 g/mol. The molecule has 0 aliphatic heterocycles. The third kappa shape index (κ3) is 3.45. The van der Waals surface area contributed by atoms with Crippen molar-refractivity contribution in [3.05, 3.63) is 34.9 Å². The minimum Gasteiger partial charge on any atom is -0.386 e. The Bertz CT molecular complexity index is 607. The zero-order chi connectivity index (χ0) is 19.4. The molecule has 0 bridgehead atoms. The first-order valence-corrected chi connectivity index (χ1v) is 6.10. The molecule has 0 radical (unpaired) electrons. The highest BCUT2D eigenvalue weighted by Crippen LogP contribution is 2.50. The molecule has 0 spiro atoms. The van der Waals surface area contributed by atoms with Crippen LogP contribution in [0.4, 0.5) is 43.9 Å². The smallest absolute Gasteiger partial charge is 0.386 e. The highest BCUT2D eigenvalue weighted by molar-refractivity contribution is 5.41. The summed E-state index contributed by atoms with van der Waals surface area (Å²) < 4.78 is 128. The number of hydrogen-bond acceptors (Lipinski definition) is 1. The number of benzene rings is 1. The Morgan fingerprint density at radius 1 is 0.667 bits per heavy atom. The van der Waals surface area contributed by atoms with Crippen molar-refractivity contribution in [3.63, 3.8) is 0 Å². The van der Waals surface area contributed by atoms with Crippen molar-refractivity contribution >= 4 is 0 Å². The fourth-order valence-electron chi connectivity index (χ4n) is 1.85. The van der Waals surface area contributed by atoms with Crippen LogP contribution < -0.4 is 0 Å². The summed E-state index contributed by atoms with van der Waals surface area (Å²) in [5.74, 6) is -11.4. The van der Waals surface area contributed by atoms with Crippen molar-refractivity contribution < 1.29 is 49.0 Å². The van der Waals surface area contributed by atoms with Gasteiger partial charge in [0, 0.05) is 11.1 Å². The predicted molar refractivity (Wildman–Crippen MR) is 61.6 cm³/mol. The molecule has 24 heavy (non-hydrogen) atoms. The maximum absolute atomic E-state index is 13.6. The molecule has 1 nitrogen and oxygen atoms in total. The number of halogens is 10. The molecule has 1 rings (SSSR count). The first kappa shape index (κ1) is 20.5. The maximum Gasteiger partial charge on any atom is 0.458 e. The van der Waals surface area contributed by atoms with Crippen LogP contribution in [0.15, 0.2) is 18.2 Å². The Kier molecular flexibility index (Phi) is 4.70. The van der Waals surface area contributed by atoms with E-state index in [0.717, 1.165) is 13.8 Å². The Hall–Kier alpha value is -1.52. The molecule has 0 aromatic heterocycles. The van der Waals surface area contributed by atoms with Crippen LogP contribution >= 0.6 is 0 Å². The predicted octanol–water partition coefficient (Wildman–Crippen LogP) is 5.22. The van der Waals surface area contributed by atoms with E-state index in [9.17, 15) is 49.0 Å². The minimum atomic E-state index is -6.26. The van der Waals surface area contributed by atoms with Gasteiger partial charge in [-0.05, 0) is 25.5 Å². The lowest BCUT2D eigenvalue weighted by molar-refractivity contribution is -0.292. The van der Waals surface area contributed by atoms with Gasteiger partial charge in [-0.15, -0.1) is 0 Å². The molecule has 11 heteroatoms. The van der Waals surface area contributed by atoms with Crippen LogP contribution in [0.3, 0.4) is 0 Å². The average Bonchev–Trinajstić information content (AvgIpc) is 2.34. The number of rotatable bonds is 3.